The molecule has 186 valence electrons. The predicted octanol–water partition coefficient (Wildman–Crippen LogP) is 1.32. The summed E-state index contributed by atoms with van der Waals surface area (Å²) in [4.78, 5) is 48.6. The molecule has 0 aromatic rings. The van der Waals surface area contributed by atoms with Gasteiger partial charge in [0, 0.05) is 12.3 Å². The van der Waals surface area contributed by atoms with Crippen molar-refractivity contribution in [2.45, 2.75) is 91.9 Å². The molecule has 0 aliphatic carbocycles. The fourth-order valence-electron chi connectivity index (χ4n) is 2.88. The quantitative estimate of drug-likeness (QED) is 0.293. The smallest absolute Gasteiger partial charge is 0.252 e. The predicted molar refractivity (Wildman–Crippen MR) is 123 cm³/mol. The summed E-state index contributed by atoms with van der Waals surface area (Å²) in [6.07, 6.45) is 1.89. The Morgan fingerprint density at radius 2 is 1.53 bits per heavy atom. The molecule has 9 nitrogen and oxygen atoms in total. The van der Waals surface area contributed by atoms with Gasteiger partial charge in [-0.15, -0.1) is 0 Å². The normalized spacial score (nSPS) is 14.6. The van der Waals surface area contributed by atoms with Crippen LogP contribution in [0.2, 0.25) is 0 Å². The van der Waals surface area contributed by atoms with Crippen LogP contribution in [0.3, 0.4) is 0 Å². The number of carbonyl (C=O) groups is 4. The second kappa shape index (κ2) is 13.5. The second-order valence-electron chi connectivity index (χ2n) is 9.69. The molecule has 0 fully saturated rings. The molecule has 0 aromatic carbocycles. The van der Waals surface area contributed by atoms with Gasteiger partial charge in [-0.05, 0) is 33.1 Å². The van der Waals surface area contributed by atoms with Gasteiger partial charge >= 0.3 is 0 Å². The number of rotatable bonds is 15. The summed E-state index contributed by atoms with van der Waals surface area (Å²) in [5, 5.41) is 18.1. The summed E-state index contributed by atoms with van der Waals surface area (Å²) in [5.41, 5.74) is -2.06. The third kappa shape index (κ3) is 11.6. The van der Waals surface area contributed by atoms with Crippen LogP contribution in [0, 0.1) is 11.8 Å². The highest BCUT2D eigenvalue weighted by molar-refractivity contribution is 5.93. The number of carbonyl (C=O) groups excluding carboxylic acids is 4. The Kier molecular flexibility index (Phi) is 12.7. The first-order chi connectivity index (χ1) is 14.6. The molecule has 0 saturated heterocycles. The van der Waals surface area contributed by atoms with Crippen molar-refractivity contribution in [2.75, 3.05) is 19.7 Å². The van der Waals surface area contributed by atoms with Crippen molar-refractivity contribution < 1.29 is 29.0 Å². The van der Waals surface area contributed by atoms with E-state index in [0.717, 1.165) is 12.8 Å². The lowest BCUT2D eigenvalue weighted by atomic mass is 9.98. The van der Waals surface area contributed by atoms with Crippen LogP contribution in [0.15, 0.2) is 0 Å². The number of nitrogens with one attached hydrogen (secondary N) is 3. The molecule has 2 atom stereocenters. The third-order valence-electron chi connectivity index (χ3n) is 5.19. The fourth-order valence-corrected chi connectivity index (χ4v) is 2.88. The van der Waals surface area contributed by atoms with E-state index < -0.39 is 29.4 Å². The van der Waals surface area contributed by atoms with Crippen molar-refractivity contribution in [1.82, 2.24) is 16.0 Å². The second-order valence-corrected chi connectivity index (χ2v) is 9.69. The van der Waals surface area contributed by atoms with Gasteiger partial charge in [0.2, 0.25) is 11.8 Å². The first-order valence-electron chi connectivity index (χ1n) is 11.4. The Labute approximate surface area is 192 Å². The number of hydrogen-bond donors (Lipinski definition) is 4. The molecule has 0 aliphatic rings. The molecule has 0 saturated carbocycles. The van der Waals surface area contributed by atoms with Crippen LogP contribution in [0.5, 0.6) is 0 Å². The molecule has 0 bridgehead atoms. The van der Waals surface area contributed by atoms with E-state index in [1.165, 1.54) is 6.92 Å². The standard InChI is InChI=1S/C23H43N3O6/c1-9-10-22(6,7)32-12-11-23(8,31)21(30)26-19(16(4)5)20(29)25-14-18(28)24-13-17(27)15(2)3/h15-16,19,31H,9-14H2,1-8H3,(H,24,28)(H,25,29)(H,26,30). The minimum Gasteiger partial charge on any atom is -0.380 e. The Balaban J connectivity index is 4.75. The lowest BCUT2D eigenvalue weighted by Crippen LogP contribution is -2.56. The SMILES string of the molecule is CCCC(C)(C)OCCC(C)(O)C(=O)NC(C(=O)NCC(=O)NCC(=O)C(C)C)C(C)C. The van der Waals surface area contributed by atoms with Crippen molar-refractivity contribution in [3.05, 3.63) is 0 Å². The maximum atomic E-state index is 12.6. The molecule has 0 rings (SSSR count). The molecule has 9 heteroatoms. The fraction of sp³-hybridized carbons (Fsp3) is 0.826. The summed E-state index contributed by atoms with van der Waals surface area (Å²) in [7, 11) is 0. The van der Waals surface area contributed by atoms with Gasteiger partial charge in [0.1, 0.15) is 11.6 Å². The van der Waals surface area contributed by atoms with Crippen LogP contribution in [0.25, 0.3) is 0 Å². The maximum Gasteiger partial charge on any atom is 0.252 e. The topological polar surface area (TPSA) is 134 Å². The molecular formula is C23H43N3O6. The van der Waals surface area contributed by atoms with E-state index in [-0.39, 0.29) is 49.3 Å². The molecule has 2 unspecified atom stereocenters. The average molecular weight is 458 g/mol. The average Bonchev–Trinajstić information content (AvgIpc) is 2.67. The highest BCUT2D eigenvalue weighted by Gasteiger charge is 2.35. The van der Waals surface area contributed by atoms with Crippen molar-refractivity contribution >= 4 is 23.5 Å². The Morgan fingerprint density at radius 1 is 0.938 bits per heavy atom. The van der Waals surface area contributed by atoms with Crippen molar-refractivity contribution in [3.63, 3.8) is 0 Å². The van der Waals surface area contributed by atoms with E-state index in [9.17, 15) is 24.3 Å². The molecule has 4 N–H and O–H groups in total. The summed E-state index contributed by atoms with van der Waals surface area (Å²) >= 11 is 0. The minimum absolute atomic E-state index is 0.0741. The van der Waals surface area contributed by atoms with Gasteiger partial charge in [0.25, 0.3) is 5.91 Å². The van der Waals surface area contributed by atoms with Crippen molar-refractivity contribution in [3.8, 4) is 0 Å². The molecule has 0 aromatic heterocycles. The number of Topliss-reactive ketones (excluding diaryl/α,β-unsaturated/α-hetero) is 1. The van der Waals surface area contributed by atoms with Crippen molar-refractivity contribution in [2.24, 2.45) is 11.8 Å². The summed E-state index contributed by atoms with van der Waals surface area (Å²) in [5.74, 6) is -2.31. The van der Waals surface area contributed by atoms with Crippen LogP contribution in [0.1, 0.15) is 74.7 Å². The van der Waals surface area contributed by atoms with Gasteiger partial charge < -0.3 is 25.8 Å². The van der Waals surface area contributed by atoms with Crippen molar-refractivity contribution in [1.29, 1.82) is 0 Å². The Morgan fingerprint density at radius 3 is 2.03 bits per heavy atom. The number of ether oxygens (including phenoxy) is 1. The minimum atomic E-state index is -1.72. The lowest BCUT2D eigenvalue weighted by molar-refractivity contribution is -0.145. The van der Waals surface area contributed by atoms with Gasteiger partial charge in [-0.25, -0.2) is 0 Å². The molecule has 0 heterocycles. The van der Waals surface area contributed by atoms with Crippen LogP contribution < -0.4 is 16.0 Å². The zero-order valence-electron chi connectivity index (χ0n) is 21.0. The van der Waals surface area contributed by atoms with E-state index in [4.69, 9.17) is 4.74 Å². The number of ketones is 1. The molecule has 0 spiro atoms. The van der Waals surface area contributed by atoms with E-state index in [1.54, 1.807) is 27.7 Å². The Hall–Kier alpha value is -2.00. The van der Waals surface area contributed by atoms with E-state index >= 15 is 0 Å². The molecule has 0 aliphatic heterocycles. The number of hydrogen-bond acceptors (Lipinski definition) is 6. The van der Waals surface area contributed by atoms with Crippen LogP contribution >= 0.6 is 0 Å². The number of amides is 3. The van der Waals surface area contributed by atoms with E-state index in [2.05, 4.69) is 22.9 Å². The van der Waals surface area contributed by atoms with Gasteiger partial charge in [-0.2, -0.15) is 0 Å². The van der Waals surface area contributed by atoms with E-state index in [1.807, 2.05) is 13.8 Å². The first kappa shape index (κ1) is 30.0. The van der Waals surface area contributed by atoms with Gasteiger partial charge in [0.15, 0.2) is 5.78 Å². The van der Waals surface area contributed by atoms with Crippen LogP contribution in [0.4, 0.5) is 0 Å². The molecule has 0 radical (unpaired) electrons. The summed E-state index contributed by atoms with van der Waals surface area (Å²) in [6, 6.07) is -0.934. The first-order valence-corrected chi connectivity index (χ1v) is 11.4. The lowest BCUT2D eigenvalue weighted by Gasteiger charge is -2.30. The van der Waals surface area contributed by atoms with Gasteiger partial charge in [-0.1, -0.05) is 41.0 Å². The number of aliphatic hydroxyl groups is 1. The molecular weight excluding hydrogens is 414 g/mol. The zero-order valence-corrected chi connectivity index (χ0v) is 21.0. The molecule has 32 heavy (non-hydrogen) atoms. The van der Waals surface area contributed by atoms with Crippen LogP contribution in [-0.2, 0) is 23.9 Å². The highest BCUT2D eigenvalue weighted by Crippen LogP contribution is 2.19. The Bertz CT molecular complexity index is 644. The largest absolute Gasteiger partial charge is 0.380 e. The van der Waals surface area contributed by atoms with Gasteiger partial charge in [-0.3, -0.25) is 19.2 Å². The van der Waals surface area contributed by atoms with Gasteiger partial charge in [0.05, 0.1) is 25.3 Å². The van der Waals surface area contributed by atoms with Crippen LogP contribution in [-0.4, -0.2) is 65.6 Å². The highest BCUT2D eigenvalue weighted by atomic mass is 16.5. The molecule has 3 amide bonds. The third-order valence-corrected chi connectivity index (χ3v) is 5.19. The monoisotopic (exact) mass is 457 g/mol. The zero-order chi connectivity index (χ0) is 25.1. The summed E-state index contributed by atoms with van der Waals surface area (Å²) < 4.78 is 5.79. The summed E-state index contributed by atoms with van der Waals surface area (Å²) in [6.45, 7) is 14.1. The van der Waals surface area contributed by atoms with E-state index in [0.29, 0.717) is 0 Å². The maximum absolute atomic E-state index is 12.6.